The SMILES string of the molecule is CN(C)c1nc(-c2cccc(C(=O)N3C[C@H]4CN5C(=O)[C@@H](NC(=O)OC6CCCC6)CCCCC/C=C\[C@H]6C[C@@]6(C(=O)NS(=O)(=O)C6CC6)NC(=O)[C@@H]5[C@H]4C3)c2)cs1. The quantitative estimate of drug-likeness (QED) is 0.330. The van der Waals surface area contributed by atoms with Crippen LogP contribution in [0.25, 0.3) is 11.3 Å². The van der Waals surface area contributed by atoms with Crippen LogP contribution in [0.4, 0.5) is 9.93 Å². The third-order valence-corrected chi connectivity index (χ3v) is 15.5. The number of hydrogen-bond acceptors (Lipinski definition) is 11. The summed E-state index contributed by atoms with van der Waals surface area (Å²) in [5, 5.41) is 7.95. The summed E-state index contributed by atoms with van der Waals surface area (Å²) in [4.78, 5) is 80.4. The predicted octanol–water partition coefficient (Wildman–Crippen LogP) is 3.82. The first kappa shape index (κ1) is 40.3. The molecule has 3 saturated carbocycles. The van der Waals surface area contributed by atoms with E-state index in [1.165, 1.54) is 16.2 Å². The number of aromatic nitrogens is 1. The highest BCUT2D eigenvalue weighted by atomic mass is 32.2. The van der Waals surface area contributed by atoms with E-state index in [1.807, 2.05) is 54.7 Å². The molecule has 0 radical (unpaired) electrons. The Hall–Kier alpha value is -4.51. The summed E-state index contributed by atoms with van der Waals surface area (Å²) in [7, 11) is -0.0654. The monoisotopic (exact) mass is 835 g/mol. The molecule has 3 aliphatic heterocycles. The van der Waals surface area contributed by atoms with E-state index >= 15 is 0 Å². The number of alkyl carbamates (subject to hydrolysis) is 1. The lowest BCUT2D eigenvalue weighted by Crippen LogP contribution is -2.60. The minimum Gasteiger partial charge on any atom is -0.446 e. The summed E-state index contributed by atoms with van der Waals surface area (Å²) in [5.41, 5.74) is 0.524. The maximum Gasteiger partial charge on any atom is 0.408 e. The van der Waals surface area contributed by atoms with Crippen LogP contribution in [0, 0.1) is 17.8 Å². The van der Waals surface area contributed by atoms with Crippen molar-refractivity contribution in [3.05, 3.63) is 47.4 Å². The number of nitrogens with one attached hydrogen (secondary N) is 3. The van der Waals surface area contributed by atoms with E-state index in [0.29, 0.717) is 44.2 Å². The predicted molar refractivity (Wildman–Crippen MR) is 217 cm³/mol. The molecule has 3 N–H and O–H groups in total. The molecular formula is C41H53N7O8S2. The number of carbonyl (C=O) groups excluding carboxylic acids is 5. The van der Waals surface area contributed by atoms with Crippen LogP contribution < -0.4 is 20.3 Å². The molecule has 3 aliphatic carbocycles. The third kappa shape index (κ3) is 8.34. The largest absolute Gasteiger partial charge is 0.446 e. The van der Waals surface area contributed by atoms with Crippen LogP contribution in [0.1, 0.15) is 87.4 Å². The first-order valence-electron chi connectivity index (χ1n) is 20.7. The molecule has 0 bridgehead atoms. The minimum atomic E-state index is -3.91. The Labute approximate surface area is 343 Å². The van der Waals surface area contributed by atoms with Gasteiger partial charge in [-0.2, -0.15) is 0 Å². The second-order valence-electron chi connectivity index (χ2n) is 17.1. The van der Waals surface area contributed by atoms with Gasteiger partial charge in [0.25, 0.3) is 11.8 Å². The lowest BCUT2D eigenvalue weighted by molar-refractivity contribution is -0.142. The molecule has 312 valence electrons. The number of fused-ring (bicyclic) bond motifs is 4. The zero-order valence-electron chi connectivity index (χ0n) is 33.1. The lowest BCUT2D eigenvalue weighted by atomic mass is 9.93. The number of amides is 5. The summed E-state index contributed by atoms with van der Waals surface area (Å²) in [6.07, 6.45) is 10.9. The Kier molecular flexibility index (Phi) is 11.3. The van der Waals surface area contributed by atoms with Crippen molar-refractivity contribution in [1.82, 2.24) is 30.1 Å². The fourth-order valence-electron chi connectivity index (χ4n) is 9.17. The molecule has 1 aromatic heterocycles. The number of allylic oxidation sites excluding steroid dienone is 1. The number of carbonyl (C=O) groups is 5. The highest BCUT2D eigenvalue weighted by Gasteiger charge is 2.63. The van der Waals surface area contributed by atoms with Gasteiger partial charge >= 0.3 is 6.09 Å². The van der Waals surface area contributed by atoms with Gasteiger partial charge in [-0.3, -0.25) is 23.9 Å². The fourth-order valence-corrected chi connectivity index (χ4v) is 11.3. The van der Waals surface area contributed by atoms with Crippen molar-refractivity contribution in [2.24, 2.45) is 17.8 Å². The molecule has 1 aromatic carbocycles. The molecule has 5 amide bonds. The first-order chi connectivity index (χ1) is 27.8. The van der Waals surface area contributed by atoms with Gasteiger partial charge in [0.15, 0.2) is 5.13 Å². The summed E-state index contributed by atoms with van der Waals surface area (Å²) in [6.45, 7) is 0.630. The number of nitrogens with zero attached hydrogens (tertiary/aromatic N) is 4. The summed E-state index contributed by atoms with van der Waals surface area (Å²) in [6, 6.07) is 5.27. The number of hydrogen-bond donors (Lipinski definition) is 3. The van der Waals surface area contributed by atoms with Crippen molar-refractivity contribution >= 4 is 56.2 Å². The average Bonchev–Trinajstić information content (AvgIpc) is 3.85. The molecule has 8 rings (SSSR count). The van der Waals surface area contributed by atoms with Gasteiger partial charge in [0.1, 0.15) is 23.7 Å². The van der Waals surface area contributed by atoms with Crippen molar-refractivity contribution in [3.63, 3.8) is 0 Å². The van der Waals surface area contributed by atoms with Gasteiger partial charge in [-0.05, 0) is 76.3 Å². The molecule has 58 heavy (non-hydrogen) atoms. The van der Waals surface area contributed by atoms with E-state index in [-0.39, 0.29) is 37.4 Å². The van der Waals surface area contributed by atoms with Gasteiger partial charge in [0.2, 0.25) is 21.8 Å². The van der Waals surface area contributed by atoms with E-state index in [9.17, 15) is 32.4 Å². The van der Waals surface area contributed by atoms with Crippen LogP contribution in [0.3, 0.4) is 0 Å². The van der Waals surface area contributed by atoms with Crippen LogP contribution in [0.2, 0.25) is 0 Å². The fraction of sp³-hybridized carbons (Fsp3) is 0.610. The maximum absolute atomic E-state index is 14.8. The normalized spacial score (nSPS) is 29.6. The number of thiazole rings is 1. The zero-order valence-corrected chi connectivity index (χ0v) is 34.7. The van der Waals surface area contributed by atoms with Gasteiger partial charge in [0, 0.05) is 68.0 Å². The van der Waals surface area contributed by atoms with Crippen molar-refractivity contribution in [1.29, 1.82) is 0 Å². The van der Waals surface area contributed by atoms with Crippen LogP contribution in [-0.4, -0.2) is 116 Å². The smallest absolute Gasteiger partial charge is 0.408 e. The minimum absolute atomic E-state index is 0.159. The molecular weight excluding hydrogens is 783 g/mol. The molecule has 6 atom stereocenters. The molecule has 0 spiro atoms. The van der Waals surface area contributed by atoms with E-state index in [2.05, 4.69) is 15.4 Å². The second-order valence-corrected chi connectivity index (χ2v) is 19.9. The number of anilines is 1. The Morgan fingerprint density at radius 2 is 1.78 bits per heavy atom. The van der Waals surface area contributed by atoms with Crippen molar-refractivity contribution in [2.75, 3.05) is 38.6 Å². The molecule has 2 saturated heterocycles. The lowest BCUT2D eigenvalue weighted by Gasteiger charge is -2.33. The second kappa shape index (κ2) is 16.3. The van der Waals surface area contributed by atoms with Crippen molar-refractivity contribution in [3.8, 4) is 11.3 Å². The Morgan fingerprint density at radius 1 is 1.00 bits per heavy atom. The molecule has 17 heteroatoms. The standard InChI is InChI=1S/C41H53N7O8S2/c1-46(2)39-42-33(24-57-39)25-11-10-12-26(19-25)36(50)47-21-27-22-48-34(31(27)23-47)35(49)44-41(38(52)45-58(54,55)30-17-18-30)20-28(41)13-6-4-3-5-7-16-32(37(48)51)43-40(53)56-29-14-8-9-15-29/h6,10-13,19,24,27-32,34H,3-5,7-9,14-18,20-23H2,1-2H3,(H,43,53)(H,44,49)(H,45,52)/b13-6-/t27-,28-,31-,32-,34-,41+/m0/s1. The topological polar surface area (TPSA) is 187 Å². The average molecular weight is 836 g/mol. The van der Waals surface area contributed by atoms with E-state index in [1.54, 1.807) is 11.0 Å². The van der Waals surface area contributed by atoms with E-state index in [0.717, 1.165) is 54.9 Å². The highest BCUT2D eigenvalue weighted by molar-refractivity contribution is 7.91. The van der Waals surface area contributed by atoms with E-state index < -0.39 is 68.5 Å². The van der Waals surface area contributed by atoms with Crippen molar-refractivity contribution < 1.29 is 37.1 Å². The molecule has 2 aromatic rings. The molecule has 6 aliphatic rings. The summed E-state index contributed by atoms with van der Waals surface area (Å²) >= 11 is 1.51. The van der Waals surface area contributed by atoms with Crippen LogP contribution in [0.15, 0.2) is 41.8 Å². The van der Waals surface area contributed by atoms with Gasteiger partial charge < -0.3 is 30.1 Å². The number of sulfonamides is 1. The molecule has 5 fully saturated rings. The number of rotatable bonds is 8. The van der Waals surface area contributed by atoms with Crippen molar-refractivity contribution in [2.45, 2.75) is 106 Å². The maximum atomic E-state index is 14.8. The van der Waals surface area contributed by atoms with Crippen LogP contribution >= 0.6 is 11.3 Å². The van der Waals surface area contributed by atoms with Gasteiger partial charge in [-0.25, -0.2) is 18.2 Å². The van der Waals surface area contributed by atoms with Crippen LogP contribution in [-0.2, 0) is 29.1 Å². The number of ether oxygens (including phenoxy) is 1. The molecule has 15 nitrogen and oxygen atoms in total. The zero-order chi connectivity index (χ0) is 40.8. The summed E-state index contributed by atoms with van der Waals surface area (Å²) in [5.74, 6) is -3.19. The van der Waals surface area contributed by atoms with Crippen LogP contribution in [0.5, 0.6) is 0 Å². The Morgan fingerprint density at radius 3 is 2.52 bits per heavy atom. The number of likely N-dealkylation sites (tertiary alicyclic amines) is 1. The number of benzene rings is 1. The Bertz CT molecular complexity index is 2080. The van der Waals surface area contributed by atoms with Gasteiger partial charge in [-0.15, -0.1) is 11.3 Å². The van der Waals surface area contributed by atoms with Gasteiger partial charge in [-0.1, -0.05) is 37.1 Å². The Balaban J connectivity index is 1.07. The molecule has 4 heterocycles. The summed E-state index contributed by atoms with van der Waals surface area (Å²) < 4.78 is 33.8. The highest BCUT2D eigenvalue weighted by Crippen LogP contribution is 2.47. The van der Waals surface area contributed by atoms with E-state index in [4.69, 9.17) is 9.72 Å². The molecule has 0 unspecified atom stereocenters. The third-order valence-electron chi connectivity index (χ3n) is 12.6. The van der Waals surface area contributed by atoms with Gasteiger partial charge in [0.05, 0.1) is 10.9 Å². The first-order valence-corrected chi connectivity index (χ1v) is 23.1.